The number of hydrogen-bond acceptors (Lipinski definition) is 11. The summed E-state index contributed by atoms with van der Waals surface area (Å²) in [6.07, 6.45) is 3.37. The molecular weight excluding hydrogens is 723 g/mol. The zero-order valence-corrected chi connectivity index (χ0v) is 30.5. The number of ether oxygens (including phenoxy) is 1. The lowest BCUT2D eigenvalue weighted by atomic mass is 9.93. The zero-order valence-electron chi connectivity index (χ0n) is 28.2. The van der Waals surface area contributed by atoms with Crippen LogP contribution in [-0.2, 0) is 22.6 Å². The lowest BCUT2D eigenvalue weighted by molar-refractivity contribution is -0.143. The number of anilines is 2. The van der Waals surface area contributed by atoms with E-state index >= 15 is 0 Å². The number of ketones is 1. The highest BCUT2D eigenvalue weighted by Gasteiger charge is 2.38. The third kappa shape index (κ3) is 7.26. The quantitative estimate of drug-likeness (QED) is 0.0855. The van der Waals surface area contributed by atoms with Gasteiger partial charge in [0.05, 0.1) is 56.0 Å². The van der Waals surface area contributed by atoms with Gasteiger partial charge < -0.3 is 31.0 Å². The maximum atomic E-state index is 11.8. The summed E-state index contributed by atoms with van der Waals surface area (Å²) in [5.41, 5.74) is 5.03. The standard InChI is InChI=1S/C38H36Cl2N6O5S/c1-51-37-20(18-42-17-19-9-11-29(48)34(19)41)8-10-27(45-37)25-6-2-4-23(32(25)39)24-5-3-7-28(33(24)40)44-36-35-30(12-13-43-36)52-31(46-35)15-21-14-22(47)16-26(21)38(49)50/h2-8,10,12-13,19,21-22,26,41-42,47H,9,11,14-18H2,1H3,(H,43,44)(H,49,50)/t19-,21?,22?,26?/m0/s1. The van der Waals surface area contributed by atoms with Gasteiger partial charge in [-0.05, 0) is 43.4 Å². The first-order valence-corrected chi connectivity index (χ1v) is 18.5. The summed E-state index contributed by atoms with van der Waals surface area (Å²) in [5.74, 6) is -0.853. The van der Waals surface area contributed by atoms with Crippen LogP contribution in [0.1, 0.15) is 36.3 Å². The van der Waals surface area contributed by atoms with Crippen LogP contribution in [-0.4, -0.2) is 62.4 Å². The van der Waals surface area contributed by atoms with Crippen LogP contribution in [0.3, 0.4) is 0 Å². The Hall–Kier alpha value is -4.46. The second-order valence-corrected chi connectivity index (χ2v) is 15.0. The molecule has 14 heteroatoms. The van der Waals surface area contributed by atoms with Crippen molar-refractivity contribution in [3.63, 3.8) is 0 Å². The third-order valence-corrected chi connectivity index (χ3v) is 11.7. The fourth-order valence-corrected chi connectivity index (χ4v) is 8.81. The summed E-state index contributed by atoms with van der Waals surface area (Å²) in [7, 11) is 1.56. The molecule has 4 atom stereocenters. The minimum atomic E-state index is -0.886. The van der Waals surface area contributed by atoms with Gasteiger partial charge in [0.15, 0.2) is 11.6 Å². The number of aromatic nitrogens is 3. The van der Waals surface area contributed by atoms with Crippen LogP contribution >= 0.6 is 34.5 Å². The van der Waals surface area contributed by atoms with Crippen molar-refractivity contribution in [3.8, 4) is 28.3 Å². The molecule has 5 aromatic rings. The Balaban J connectivity index is 1.11. The van der Waals surface area contributed by atoms with Crippen LogP contribution in [0.5, 0.6) is 5.88 Å². The Labute approximate surface area is 313 Å². The van der Waals surface area contributed by atoms with E-state index in [1.165, 1.54) is 11.3 Å². The highest BCUT2D eigenvalue weighted by atomic mass is 35.5. The maximum absolute atomic E-state index is 11.8. The van der Waals surface area contributed by atoms with Crippen molar-refractivity contribution in [2.45, 2.75) is 44.8 Å². The van der Waals surface area contributed by atoms with Gasteiger partial charge in [-0.1, -0.05) is 59.6 Å². The molecule has 0 amide bonds. The molecule has 2 aromatic carbocycles. The average Bonchev–Trinajstić information content (AvgIpc) is 3.82. The maximum Gasteiger partial charge on any atom is 0.306 e. The predicted molar refractivity (Wildman–Crippen MR) is 203 cm³/mol. The smallest absolute Gasteiger partial charge is 0.306 e. The summed E-state index contributed by atoms with van der Waals surface area (Å²) in [4.78, 5) is 37.7. The number of carbonyl (C=O) groups excluding carboxylic acids is 1. The first-order valence-electron chi connectivity index (χ1n) is 17.0. The molecule has 0 radical (unpaired) electrons. The molecule has 268 valence electrons. The van der Waals surface area contributed by atoms with Crippen LogP contribution < -0.4 is 15.4 Å². The number of thiazole rings is 1. The van der Waals surface area contributed by atoms with Crippen LogP contribution in [0, 0.1) is 23.2 Å². The average molecular weight is 760 g/mol. The van der Waals surface area contributed by atoms with E-state index in [9.17, 15) is 19.8 Å². The van der Waals surface area contributed by atoms with E-state index in [-0.39, 0.29) is 29.8 Å². The fraction of sp³-hybridized carbons (Fsp3) is 0.316. The summed E-state index contributed by atoms with van der Waals surface area (Å²) in [5, 5.41) is 36.1. The highest BCUT2D eigenvalue weighted by Crippen LogP contribution is 2.43. The number of benzene rings is 2. The molecule has 0 aliphatic heterocycles. The number of pyridine rings is 2. The van der Waals surface area contributed by atoms with Gasteiger partial charge in [-0.2, -0.15) is 0 Å². The number of carbonyl (C=O) groups is 2. The van der Waals surface area contributed by atoms with Crippen molar-refractivity contribution < 1.29 is 24.5 Å². The third-order valence-electron chi connectivity index (χ3n) is 9.86. The van der Waals surface area contributed by atoms with E-state index in [4.69, 9.17) is 43.3 Å². The number of aliphatic carboxylic acids is 1. The Morgan fingerprint density at radius 3 is 2.56 bits per heavy atom. The number of nitrogens with zero attached hydrogens (tertiary/aromatic N) is 3. The molecule has 3 aromatic heterocycles. The van der Waals surface area contributed by atoms with Gasteiger partial charge in [-0.15, -0.1) is 11.3 Å². The number of nitrogens with one attached hydrogen (secondary N) is 3. The SMILES string of the molecule is COc1nc(-c2cccc(-c3cccc(Nc4nccc5sc(CC6CC(O)CC6C(=O)O)nc45)c3Cl)c2Cl)ccc1CNC[C@@H]1CCC(=O)C1=N. The number of halogens is 2. The van der Waals surface area contributed by atoms with Crippen molar-refractivity contribution in [2.75, 3.05) is 19.0 Å². The lowest BCUT2D eigenvalue weighted by Crippen LogP contribution is -2.26. The van der Waals surface area contributed by atoms with Crippen LogP contribution in [0.15, 0.2) is 60.8 Å². The molecule has 2 aliphatic rings. The molecule has 7 rings (SSSR count). The highest BCUT2D eigenvalue weighted by molar-refractivity contribution is 7.18. The normalized spacial score (nSPS) is 20.2. The van der Waals surface area contributed by atoms with Crippen molar-refractivity contribution in [1.82, 2.24) is 20.3 Å². The van der Waals surface area contributed by atoms with Crippen molar-refractivity contribution in [2.24, 2.45) is 17.8 Å². The van der Waals surface area contributed by atoms with Gasteiger partial charge >= 0.3 is 5.97 Å². The molecule has 0 saturated heterocycles. The molecule has 3 heterocycles. The Kier molecular flexibility index (Phi) is 10.5. The molecule has 52 heavy (non-hydrogen) atoms. The Bertz CT molecular complexity index is 2190. The summed E-state index contributed by atoms with van der Waals surface area (Å²) >= 11 is 15.6. The first kappa shape index (κ1) is 35.9. The molecule has 11 nitrogen and oxygen atoms in total. The van der Waals surface area contributed by atoms with E-state index in [1.807, 2.05) is 54.6 Å². The number of Topliss-reactive ketones (excluding diaryl/α,β-unsaturated/α-hetero) is 1. The van der Waals surface area contributed by atoms with Gasteiger partial charge in [0.2, 0.25) is 5.88 Å². The Morgan fingerprint density at radius 2 is 1.81 bits per heavy atom. The fourth-order valence-electron chi connectivity index (χ4n) is 7.16. The number of aliphatic hydroxyl groups is 1. The number of aliphatic hydroxyl groups excluding tert-OH is 1. The molecule has 2 aliphatic carbocycles. The minimum absolute atomic E-state index is 0.0731. The summed E-state index contributed by atoms with van der Waals surface area (Å²) in [6, 6.07) is 17.0. The van der Waals surface area contributed by atoms with E-state index in [0.717, 1.165) is 15.3 Å². The summed E-state index contributed by atoms with van der Waals surface area (Å²) < 4.78 is 6.53. The predicted octanol–water partition coefficient (Wildman–Crippen LogP) is 7.58. The number of hydrogen-bond donors (Lipinski definition) is 5. The lowest BCUT2D eigenvalue weighted by Gasteiger charge is -2.16. The second-order valence-electron chi connectivity index (χ2n) is 13.2. The minimum Gasteiger partial charge on any atom is -0.481 e. The molecule has 0 bridgehead atoms. The van der Waals surface area contributed by atoms with Gasteiger partial charge in [0.1, 0.15) is 5.52 Å². The van der Waals surface area contributed by atoms with E-state index in [0.29, 0.717) is 94.1 Å². The van der Waals surface area contributed by atoms with Gasteiger partial charge in [0, 0.05) is 60.3 Å². The van der Waals surface area contributed by atoms with Crippen molar-refractivity contribution >= 4 is 73.7 Å². The van der Waals surface area contributed by atoms with Crippen LogP contribution in [0.4, 0.5) is 11.5 Å². The topological polar surface area (TPSA) is 170 Å². The zero-order chi connectivity index (χ0) is 36.5. The molecular formula is C38H36Cl2N6O5S. The first-order chi connectivity index (χ1) is 25.1. The number of carboxylic acid groups (broad SMARTS) is 1. The molecule has 2 saturated carbocycles. The number of rotatable bonds is 12. The summed E-state index contributed by atoms with van der Waals surface area (Å²) in [6.45, 7) is 1.01. The Morgan fingerprint density at radius 1 is 1.04 bits per heavy atom. The number of methoxy groups -OCH3 is 1. The van der Waals surface area contributed by atoms with Crippen molar-refractivity contribution in [1.29, 1.82) is 5.41 Å². The second kappa shape index (κ2) is 15.3. The number of fused-ring (bicyclic) bond motifs is 1. The van der Waals surface area contributed by atoms with E-state index in [1.54, 1.807) is 13.3 Å². The van der Waals surface area contributed by atoms with Gasteiger partial charge in [-0.3, -0.25) is 9.59 Å². The van der Waals surface area contributed by atoms with E-state index < -0.39 is 18.0 Å². The number of carboxylic acids is 1. The van der Waals surface area contributed by atoms with Crippen LogP contribution in [0.25, 0.3) is 32.6 Å². The molecule has 3 unspecified atom stereocenters. The molecule has 5 N–H and O–H groups in total. The van der Waals surface area contributed by atoms with Gasteiger partial charge in [0.25, 0.3) is 0 Å². The van der Waals surface area contributed by atoms with Crippen LogP contribution in [0.2, 0.25) is 10.0 Å². The largest absolute Gasteiger partial charge is 0.481 e. The monoisotopic (exact) mass is 758 g/mol. The van der Waals surface area contributed by atoms with Gasteiger partial charge in [-0.25, -0.2) is 15.0 Å². The molecule has 2 fully saturated rings. The molecule has 0 spiro atoms. The van der Waals surface area contributed by atoms with E-state index in [2.05, 4.69) is 15.6 Å². The van der Waals surface area contributed by atoms with Crippen molar-refractivity contribution in [3.05, 3.63) is 81.4 Å².